The number of rotatable bonds is 7. The standard InChI is InChI=1S/C14H20BO2P/c1-16-12(9-11-7-5-4-6-8-11)13(17-2)10-14(15)18-3/h4-8,10,12-13,18H,9H2,1-3H3/b14-10+/t12-,13?/m0/s1. The molecular weight excluding hydrogens is 242 g/mol. The Labute approximate surface area is 113 Å². The molecule has 2 radical (unpaired) electrons. The second-order valence-electron chi connectivity index (χ2n) is 4.04. The van der Waals surface area contributed by atoms with Crippen molar-refractivity contribution in [3.63, 3.8) is 0 Å². The van der Waals surface area contributed by atoms with E-state index in [1.165, 1.54) is 5.56 Å². The van der Waals surface area contributed by atoms with Crippen molar-refractivity contribution in [2.75, 3.05) is 20.9 Å². The van der Waals surface area contributed by atoms with Crippen molar-refractivity contribution in [3.8, 4) is 0 Å². The van der Waals surface area contributed by atoms with Gasteiger partial charge in [0, 0.05) is 20.6 Å². The molecule has 1 aromatic rings. The highest BCUT2D eigenvalue weighted by atomic mass is 31.1. The van der Waals surface area contributed by atoms with Gasteiger partial charge in [-0.25, -0.2) is 0 Å². The van der Waals surface area contributed by atoms with Gasteiger partial charge in [0.2, 0.25) is 0 Å². The number of benzene rings is 1. The molecule has 0 heterocycles. The van der Waals surface area contributed by atoms with Crippen LogP contribution in [0.5, 0.6) is 0 Å². The van der Waals surface area contributed by atoms with Gasteiger partial charge in [0.1, 0.15) is 14.0 Å². The maximum Gasteiger partial charge on any atom is 0.113 e. The fourth-order valence-corrected chi connectivity index (χ4v) is 2.10. The van der Waals surface area contributed by atoms with Crippen LogP contribution in [0.4, 0.5) is 0 Å². The molecule has 0 saturated heterocycles. The molecule has 1 rings (SSSR count). The minimum absolute atomic E-state index is 0.0210. The summed E-state index contributed by atoms with van der Waals surface area (Å²) >= 11 is 0. The van der Waals surface area contributed by atoms with E-state index in [-0.39, 0.29) is 12.2 Å². The number of hydrogen-bond donors (Lipinski definition) is 0. The fourth-order valence-electron chi connectivity index (χ4n) is 1.77. The summed E-state index contributed by atoms with van der Waals surface area (Å²) in [6, 6.07) is 10.2. The van der Waals surface area contributed by atoms with E-state index in [9.17, 15) is 0 Å². The Kier molecular flexibility index (Phi) is 7.26. The molecule has 0 spiro atoms. The maximum absolute atomic E-state index is 5.87. The molecule has 4 heteroatoms. The van der Waals surface area contributed by atoms with Gasteiger partial charge in [0.15, 0.2) is 0 Å². The second kappa shape index (κ2) is 8.47. The van der Waals surface area contributed by atoms with Crippen molar-refractivity contribution >= 4 is 16.4 Å². The van der Waals surface area contributed by atoms with Gasteiger partial charge in [-0.1, -0.05) is 41.6 Å². The zero-order chi connectivity index (χ0) is 13.4. The molecule has 1 aromatic carbocycles. The molecule has 18 heavy (non-hydrogen) atoms. The Bertz CT molecular complexity index is 367. The fraction of sp³-hybridized carbons (Fsp3) is 0.429. The average molecular weight is 262 g/mol. The molecular formula is C14H20BO2P. The molecule has 0 aromatic heterocycles. The summed E-state index contributed by atoms with van der Waals surface area (Å²) in [5, 5.41) is 0.858. The molecule has 0 fully saturated rings. The van der Waals surface area contributed by atoms with E-state index in [2.05, 4.69) is 18.8 Å². The normalized spacial score (nSPS) is 16.1. The summed E-state index contributed by atoms with van der Waals surface area (Å²) in [4.78, 5) is 0. The van der Waals surface area contributed by atoms with Crippen LogP contribution in [0.2, 0.25) is 0 Å². The second-order valence-corrected chi connectivity index (χ2v) is 5.11. The maximum atomic E-state index is 5.87. The molecule has 0 amide bonds. The Balaban J connectivity index is 2.74. The Morgan fingerprint density at radius 3 is 2.44 bits per heavy atom. The van der Waals surface area contributed by atoms with Crippen molar-refractivity contribution in [1.82, 2.24) is 0 Å². The molecule has 96 valence electrons. The third-order valence-electron chi connectivity index (χ3n) is 2.85. The monoisotopic (exact) mass is 262 g/mol. The van der Waals surface area contributed by atoms with E-state index in [1.54, 1.807) is 14.2 Å². The first-order valence-electron chi connectivity index (χ1n) is 5.95. The highest BCUT2D eigenvalue weighted by Gasteiger charge is 2.19. The van der Waals surface area contributed by atoms with Crippen LogP contribution in [0.1, 0.15) is 5.56 Å². The highest BCUT2D eigenvalue weighted by molar-refractivity contribution is 7.45. The SMILES string of the molecule is [B]/C(=C\C(OC)[C@H](Cc1ccccc1)OC)PC. The third-order valence-corrected chi connectivity index (χ3v) is 3.60. The lowest BCUT2D eigenvalue weighted by Gasteiger charge is -2.23. The largest absolute Gasteiger partial charge is 0.378 e. The topological polar surface area (TPSA) is 18.5 Å². The van der Waals surface area contributed by atoms with Crippen molar-refractivity contribution in [2.45, 2.75) is 18.6 Å². The predicted octanol–water partition coefficient (Wildman–Crippen LogP) is 2.58. The van der Waals surface area contributed by atoms with Gasteiger partial charge in [0.05, 0.1) is 6.10 Å². The van der Waals surface area contributed by atoms with Crippen molar-refractivity contribution in [3.05, 3.63) is 47.2 Å². The minimum atomic E-state index is -0.109. The van der Waals surface area contributed by atoms with Crippen molar-refractivity contribution in [2.24, 2.45) is 0 Å². The van der Waals surface area contributed by atoms with Crippen LogP contribution in [-0.4, -0.2) is 40.9 Å². The first-order chi connectivity index (χ1) is 8.71. The number of methoxy groups -OCH3 is 2. The Hall–Kier alpha value is -0.625. The molecule has 0 N–H and O–H groups in total. The van der Waals surface area contributed by atoms with Crippen LogP contribution in [0, 0.1) is 0 Å². The summed E-state index contributed by atoms with van der Waals surface area (Å²) in [6.45, 7) is 2.05. The lowest BCUT2D eigenvalue weighted by Crippen LogP contribution is -2.30. The van der Waals surface area contributed by atoms with Gasteiger partial charge < -0.3 is 9.47 Å². The smallest absolute Gasteiger partial charge is 0.113 e. The molecule has 0 aliphatic heterocycles. The van der Waals surface area contributed by atoms with Gasteiger partial charge in [-0.2, -0.15) is 0 Å². The summed E-state index contributed by atoms with van der Waals surface area (Å²) in [7, 11) is 9.86. The minimum Gasteiger partial charge on any atom is -0.378 e. The van der Waals surface area contributed by atoms with Gasteiger partial charge in [-0.3, -0.25) is 0 Å². The van der Waals surface area contributed by atoms with E-state index in [0.29, 0.717) is 8.58 Å². The Morgan fingerprint density at radius 1 is 1.28 bits per heavy atom. The lowest BCUT2D eigenvalue weighted by atomic mass is 10.0. The first kappa shape index (κ1) is 15.4. The van der Waals surface area contributed by atoms with Gasteiger partial charge in [-0.15, -0.1) is 8.58 Å². The third kappa shape index (κ3) is 4.93. The van der Waals surface area contributed by atoms with E-state index in [0.717, 1.165) is 11.6 Å². The van der Waals surface area contributed by atoms with Crippen LogP contribution < -0.4 is 0 Å². The Morgan fingerprint density at radius 2 is 1.94 bits per heavy atom. The van der Waals surface area contributed by atoms with E-state index >= 15 is 0 Å². The van der Waals surface area contributed by atoms with E-state index in [1.807, 2.05) is 24.3 Å². The van der Waals surface area contributed by atoms with E-state index < -0.39 is 0 Å². The molecule has 0 saturated carbocycles. The highest BCUT2D eigenvalue weighted by Crippen LogP contribution is 2.19. The predicted molar refractivity (Wildman–Crippen MR) is 79.8 cm³/mol. The van der Waals surface area contributed by atoms with Crippen LogP contribution in [-0.2, 0) is 15.9 Å². The van der Waals surface area contributed by atoms with Crippen LogP contribution >= 0.6 is 8.58 Å². The zero-order valence-electron chi connectivity index (χ0n) is 11.2. The molecule has 3 atom stereocenters. The summed E-state index contributed by atoms with van der Waals surface area (Å²) in [5.74, 6) is 0. The van der Waals surface area contributed by atoms with E-state index in [4.69, 9.17) is 17.3 Å². The van der Waals surface area contributed by atoms with Crippen molar-refractivity contribution < 1.29 is 9.47 Å². The first-order valence-corrected chi connectivity index (χ1v) is 7.45. The molecule has 0 aliphatic rings. The molecule has 2 unspecified atom stereocenters. The van der Waals surface area contributed by atoms with Crippen LogP contribution in [0.25, 0.3) is 0 Å². The van der Waals surface area contributed by atoms with Crippen LogP contribution in [0.15, 0.2) is 41.6 Å². The van der Waals surface area contributed by atoms with Crippen molar-refractivity contribution in [1.29, 1.82) is 0 Å². The van der Waals surface area contributed by atoms with Gasteiger partial charge >= 0.3 is 0 Å². The number of ether oxygens (including phenoxy) is 2. The quantitative estimate of drug-likeness (QED) is 0.555. The molecule has 0 aliphatic carbocycles. The summed E-state index contributed by atoms with van der Waals surface area (Å²) < 4.78 is 11.0. The zero-order valence-corrected chi connectivity index (χ0v) is 12.2. The number of hydrogen-bond acceptors (Lipinski definition) is 2. The summed E-state index contributed by atoms with van der Waals surface area (Å²) in [6.07, 6.45) is 2.64. The molecule has 2 nitrogen and oxygen atoms in total. The lowest BCUT2D eigenvalue weighted by molar-refractivity contribution is -0.0107. The summed E-state index contributed by atoms with van der Waals surface area (Å²) in [5.41, 5.74) is 1.23. The van der Waals surface area contributed by atoms with Crippen LogP contribution in [0.3, 0.4) is 0 Å². The van der Waals surface area contributed by atoms with Gasteiger partial charge in [0.25, 0.3) is 0 Å². The van der Waals surface area contributed by atoms with Gasteiger partial charge in [-0.05, 0) is 12.2 Å². The average Bonchev–Trinajstić information content (AvgIpc) is 2.43. The molecule has 0 bridgehead atoms.